The van der Waals surface area contributed by atoms with E-state index in [1.165, 1.54) is 0 Å². The van der Waals surface area contributed by atoms with E-state index < -0.39 is 17.6 Å². The summed E-state index contributed by atoms with van der Waals surface area (Å²) in [5.74, 6) is -0.448. The lowest BCUT2D eigenvalue weighted by Gasteiger charge is -2.35. The van der Waals surface area contributed by atoms with Crippen molar-refractivity contribution in [2.45, 2.75) is 25.4 Å². The number of nitrogens with one attached hydrogen (secondary N) is 1. The minimum Gasteiger partial charge on any atom is -0.450 e. The van der Waals surface area contributed by atoms with E-state index in [9.17, 15) is 14.7 Å². The van der Waals surface area contributed by atoms with Gasteiger partial charge in [0.25, 0.3) is 0 Å². The molecule has 1 aliphatic rings. The van der Waals surface area contributed by atoms with Gasteiger partial charge in [-0.15, -0.1) is 0 Å². The SMILES string of the molecule is CCOC(=O)NC(=O)CN(C)CC1(O)CCOCC1. The number of aliphatic hydroxyl groups is 1. The van der Waals surface area contributed by atoms with Crippen LogP contribution in [-0.2, 0) is 14.3 Å². The summed E-state index contributed by atoms with van der Waals surface area (Å²) >= 11 is 0. The summed E-state index contributed by atoms with van der Waals surface area (Å²) < 4.78 is 9.80. The largest absolute Gasteiger partial charge is 0.450 e. The Bertz CT molecular complexity index is 315. The van der Waals surface area contributed by atoms with Crippen LogP contribution < -0.4 is 5.32 Å². The maximum absolute atomic E-state index is 11.5. The fraction of sp³-hybridized carbons (Fsp3) is 0.833. The first kappa shape index (κ1) is 15.9. The smallest absolute Gasteiger partial charge is 0.413 e. The second kappa shape index (κ2) is 7.42. The highest BCUT2D eigenvalue weighted by Crippen LogP contribution is 2.20. The summed E-state index contributed by atoms with van der Waals surface area (Å²) in [6, 6.07) is 0. The first-order valence-electron chi connectivity index (χ1n) is 6.40. The van der Waals surface area contributed by atoms with Gasteiger partial charge in [0.2, 0.25) is 5.91 Å². The van der Waals surface area contributed by atoms with E-state index in [0.717, 1.165) is 0 Å². The molecule has 0 saturated carbocycles. The van der Waals surface area contributed by atoms with Crippen molar-refractivity contribution in [2.24, 2.45) is 0 Å². The van der Waals surface area contributed by atoms with Crippen molar-refractivity contribution in [3.8, 4) is 0 Å². The number of carbonyl (C=O) groups is 2. The van der Waals surface area contributed by atoms with Gasteiger partial charge in [0.05, 0.1) is 18.8 Å². The molecule has 19 heavy (non-hydrogen) atoms. The summed E-state index contributed by atoms with van der Waals surface area (Å²) in [7, 11) is 1.72. The third kappa shape index (κ3) is 6.00. The van der Waals surface area contributed by atoms with Crippen molar-refractivity contribution >= 4 is 12.0 Å². The number of rotatable bonds is 5. The molecule has 1 rings (SSSR count). The second-order valence-corrected chi connectivity index (χ2v) is 4.78. The Morgan fingerprint density at radius 1 is 1.42 bits per heavy atom. The zero-order valence-corrected chi connectivity index (χ0v) is 11.5. The first-order chi connectivity index (χ1) is 8.95. The summed E-state index contributed by atoms with van der Waals surface area (Å²) in [4.78, 5) is 24.3. The number of nitrogens with zero attached hydrogens (tertiary/aromatic N) is 1. The Labute approximate surface area is 112 Å². The number of hydrogen-bond acceptors (Lipinski definition) is 6. The fourth-order valence-corrected chi connectivity index (χ4v) is 2.03. The van der Waals surface area contributed by atoms with Gasteiger partial charge in [0.15, 0.2) is 0 Å². The minimum absolute atomic E-state index is 0.0297. The van der Waals surface area contributed by atoms with Crippen molar-refractivity contribution in [1.82, 2.24) is 10.2 Å². The van der Waals surface area contributed by atoms with Crippen LogP contribution in [0.15, 0.2) is 0 Å². The van der Waals surface area contributed by atoms with Gasteiger partial charge in [-0.3, -0.25) is 15.0 Å². The molecule has 1 heterocycles. The molecule has 1 saturated heterocycles. The van der Waals surface area contributed by atoms with Crippen LogP contribution in [0.5, 0.6) is 0 Å². The van der Waals surface area contributed by atoms with Crippen LogP contribution in [0.2, 0.25) is 0 Å². The first-order valence-corrected chi connectivity index (χ1v) is 6.40. The summed E-state index contributed by atoms with van der Waals surface area (Å²) in [5.41, 5.74) is -0.822. The van der Waals surface area contributed by atoms with E-state index in [4.69, 9.17) is 4.74 Å². The van der Waals surface area contributed by atoms with Crippen LogP contribution in [0, 0.1) is 0 Å². The van der Waals surface area contributed by atoms with Crippen molar-refractivity contribution in [3.63, 3.8) is 0 Å². The number of imide groups is 1. The molecule has 110 valence electrons. The van der Waals surface area contributed by atoms with Gasteiger partial charge in [-0.25, -0.2) is 4.79 Å². The number of carbonyl (C=O) groups excluding carboxylic acids is 2. The highest BCUT2D eigenvalue weighted by atomic mass is 16.5. The number of ether oxygens (including phenoxy) is 2. The number of alkyl carbamates (subject to hydrolysis) is 1. The number of amides is 2. The molecular formula is C12H22N2O5. The molecule has 1 fully saturated rings. The summed E-state index contributed by atoms with van der Waals surface area (Å²) in [6.45, 7) is 3.33. The van der Waals surface area contributed by atoms with Crippen molar-refractivity contribution in [1.29, 1.82) is 0 Å². The Balaban J connectivity index is 2.31. The van der Waals surface area contributed by atoms with Gasteiger partial charge in [-0.2, -0.15) is 0 Å². The van der Waals surface area contributed by atoms with Crippen molar-refractivity contribution in [3.05, 3.63) is 0 Å². The third-order valence-corrected chi connectivity index (χ3v) is 2.92. The molecule has 0 aromatic heterocycles. The molecule has 7 heteroatoms. The summed E-state index contributed by atoms with van der Waals surface area (Å²) in [5, 5.41) is 12.4. The topological polar surface area (TPSA) is 88.1 Å². The van der Waals surface area contributed by atoms with Gasteiger partial charge in [-0.1, -0.05) is 0 Å². The molecule has 0 bridgehead atoms. The quantitative estimate of drug-likeness (QED) is 0.717. The zero-order valence-electron chi connectivity index (χ0n) is 11.5. The molecule has 0 aliphatic carbocycles. The van der Waals surface area contributed by atoms with Gasteiger partial charge in [0, 0.05) is 32.6 Å². The van der Waals surface area contributed by atoms with E-state index in [2.05, 4.69) is 10.1 Å². The Kier molecular flexibility index (Phi) is 6.20. The van der Waals surface area contributed by atoms with Crippen LogP contribution in [0.3, 0.4) is 0 Å². The molecule has 0 unspecified atom stereocenters. The fourth-order valence-electron chi connectivity index (χ4n) is 2.03. The van der Waals surface area contributed by atoms with Crippen LogP contribution >= 0.6 is 0 Å². The van der Waals surface area contributed by atoms with E-state index in [-0.39, 0.29) is 13.2 Å². The highest BCUT2D eigenvalue weighted by Gasteiger charge is 2.31. The molecule has 2 amide bonds. The zero-order chi connectivity index (χ0) is 14.3. The van der Waals surface area contributed by atoms with Crippen LogP contribution in [0.25, 0.3) is 0 Å². The van der Waals surface area contributed by atoms with Crippen LogP contribution in [0.1, 0.15) is 19.8 Å². The molecule has 0 aromatic rings. The maximum Gasteiger partial charge on any atom is 0.413 e. The van der Waals surface area contributed by atoms with E-state index in [1.807, 2.05) is 0 Å². The molecule has 0 radical (unpaired) electrons. The van der Waals surface area contributed by atoms with Crippen molar-refractivity contribution in [2.75, 3.05) is 40.0 Å². The van der Waals surface area contributed by atoms with Crippen molar-refractivity contribution < 1.29 is 24.2 Å². The molecule has 0 spiro atoms. The van der Waals surface area contributed by atoms with Gasteiger partial charge in [-0.05, 0) is 14.0 Å². The molecule has 2 N–H and O–H groups in total. The van der Waals surface area contributed by atoms with Gasteiger partial charge < -0.3 is 14.6 Å². The average molecular weight is 274 g/mol. The summed E-state index contributed by atoms with van der Waals surface area (Å²) in [6.07, 6.45) is 0.360. The van der Waals surface area contributed by atoms with E-state index in [0.29, 0.717) is 32.6 Å². The van der Waals surface area contributed by atoms with Gasteiger partial charge >= 0.3 is 6.09 Å². The normalized spacial score (nSPS) is 18.1. The molecule has 0 aromatic carbocycles. The second-order valence-electron chi connectivity index (χ2n) is 4.78. The van der Waals surface area contributed by atoms with Gasteiger partial charge in [0.1, 0.15) is 0 Å². The Morgan fingerprint density at radius 3 is 2.63 bits per heavy atom. The molecule has 0 atom stereocenters. The maximum atomic E-state index is 11.5. The third-order valence-electron chi connectivity index (χ3n) is 2.92. The van der Waals surface area contributed by atoms with E-state index >= 15 is 0 Å². The lowest BCUT2D eigenvalue weighted by molar-refractivity contribution is -0.123. The average Bonchev–Trinajstić information content (AvgIpc) is 2.28. The standard InChI is InChI=1S/C12H22N2O5/c1-3-19-11(16)13-10(15)8-14(2)9-12(17)4-6-18-7-5-12/h17H,3-9H2,1-2H3,(H,13,15,16). The van der Waals surface area contributed by atoms with E-state index in [1.54, 1.807) is 18.9 Å². The lowest BCUT2D eigenvalue weighted by atomic mass is 9.94. The Morgan fingerprint density at radius 2 is 2.05 bits per heavy atom. The van der Waals surface area contributed by atoms with Crippen LogP contribution in [-0.4, -0.2) is 67.6 Å². The molecular weight excluding hydrogens is 252 g/mol. The predicted octanol–water partition coefficient (Wildman–Crippen LogP) is -0.268. The minimum atomic E-state index is -0.822. The predicted molar refractivity (Wildman–Crippen MR) is 67.7 cm³/mol. The monoisotopic (exact) mass is 274 g/mol. The molecule has 1 aliphatic heterocycles. The van der Waals surface area contributed by atoms with Crippen LogP contribution in [0.4, 0.5) is 4.79 Å². The molecule has 7 nitrogen and oxygen atoms in total. The highest BCUT2D eigenvalue weighted by molar-refractivity contribution is 5.92. The Hall–Kier alpha value is -1.18. The lowest BCUT2D eigenvalue weighted by Crippen LogP contribution is -2.48. The number of hydrogen-bond donors (Lipinski definition) is 2. The number of likely N-dealkylation sites (N-methyl/N-ethyl adjacent to an activating group) is 1.